The Morgan fingerprint density at radius 1 is 0.467 bits per heavy atom. The quantitative estimate of drug-likeness (QED) is 0.181. The lowest BCUT2D eigenvalue weighted by Crippen LogP contribution is -2.31. The van der Waals surface area contributed by atoms with E-state index in [-0.39, 0.29) is 0 Å². The summed E-state index contributed by atoms with van der Waals surface area (Å²) in [5, 5.41) is -1.26. The van der Waals surface area contributed by atoms with E-state index in [2.05, 4.69) is 0 Å². The Labute approximate surface area is 305 Å². The van der Waals surface area contributed by atoms with E-state index in [0.29, 0.717) is 0 Å². The van der Waals surface area contributed by atoms with Crippen molar-refractivity contribution in [3.63, 3.8) is 0 Å². The van der Waals surface area contributed by atoms with Gasteiger partial charge in [0.2, 0.25) is 0 Å². The molecular formula is C44H30O. The second kappa shape index (κ2) is 8.61. The van der Waals surface area contributed by atoms with Gasteiger partial charge < -0.3 is 4.74 Å². The molecule has 0 N–H and O–H groups in total. The normalized spacial score (nSPS) is 27.6. The highest BCUT2D eigenvalue weighted by Gasteiger charge is 2.50. The Balaban J connectivity index is 1.53. The van der Waals surface area contributed by atoms with Crippen LogP contribution >= 0.6 is 0 Å². The van der Waals surface area contributed by atoms with Crippen molar-refractivity contribution >= 4 is 10.8 Å². The molecule has 0 amide bonds. The molecule has 1 atom stereocenters. The van der Waals surface area contributed by atoms with Gasteiger partial charge in [-0.25, -0.2) is 0 Å². The van der Waals surface area contributed by atoms with Crippen molar-refractivity contribution in [2.24, 2.45) is 0 Å². The van der Waals surface area contributed by atoms with Crippen LogP contribution in [0, 0.1) is 0 Å². The molecule has 1 unspecified atom stereocenters. The Kier molecular flexibility index (Phi) is 1.83. The largest absolute Gasteiger partial charge is 0.457 e. The molecule has 2 aliphatic carbocycles. The molecular weight excluding hydrogens is 544 g/mol. The van der Waals surface area contributed by atoms with E-state index in [9.17, 15) is 16.4 Å². The van der Waals surface area contributed by atoms with E-state index < -0.39 is 259 Å². The summed E-state index contributed by atoms with van der Waals surface area (Å²) >= 11 is 0. The molecule has 10 rings (SSSR count). The molecule has 1 heterocycles. The number of hydrogen-bond donors (Lipinski definition) is 0. The van der Waals surface area contributed by atoms with E-state index in [1.165, 1.54) is 0 Å². The summed E-state index contributed by atoms with van der Waals surface area (Å²) in [6, 6.07) is -26.0. The number of benzene rings is 7. The van der Waals surface area contributed by atoms with Crippen molar-refractivity contribution < 1.29 is 45.9 Å². The maximum Gasteiger partial charge on any atom is 0.131 e. The third-order valence-electron chi connectivity index (χ3n) is 8.32. The minimum absolute atomic E-state index is 0.594. The summed E-state index contributed by atoms with van der Waals surface area (Å²) in [6.07, 6.45) is 0. The zero-order chi connectivity index (χ0) is 55.8. The van der Waals surface area contributed by atoms with Gasteiger partial charge in [-0.2, -0.15) is 0 Å². The Bertz CT molecular complexity index is 3920. The number of fused-ring (bicyclic) bond motifs is 11. The molecule has 0 bridgehead atoms. The van der Waals surface area contributed by atoms with E-state index in [0.717, 1.165) is 0 Å². The van der Waals surface area contributed by atoms with Gasteiger partial charge in [0.15, 0.2) is 0 Å². The SMILES string of the molecule is [2H]c1c([2H])c([2H])c2c(c1[2H])Oc1c([2H])c([2H])c(-c3c([2H])c([2H])c4c(c3[2H])C3(c5c([2H])c([2H])c([2H])c([2H])c5-4)c4c([2H])c([2H])c([2H])c([2H])c4-c4c([2H])c([2H])c([2H])c5c([2H])c([2H])c([2H])c3c45)c([2H])c1C2(C([2H])([2H])[2H])C([2H])([2H])[2H]. The first-order valence-electron chi connectivity index (χ1n) is 28.4. The molecule has 0 radical (unpaired) electrons. The van der Waals surface area contributed by atoms with Crippen LogP contribution in [-0.4, -0.2) is 0 Å². The summed E-state index contributed by atoms with van der Waals surface area (Å²) in [4.78, 5) is 0. The maximum absolute atomic E-state index is 10.3. The van der Waals surface area contributed by atoms with E-state index >= 15 is 0 Å². The molecule has 45 heavy (non-hydrogen) atoms. The zero-order valence-corrected chi connectivity index (χ0v) is 22.4. The summed E-state index contributed by atoms with van der Waals surface area (Å²) in [6.45, 7) is -7.99. The monoisotopic (exact) mass is 604 g/mol. The molecule has 1 aliphatic heterocycles. The van der Waals surface area contributed by atoms with Crippen LogP contribution < -0.4 is 4.74 Å². The van der Waals surface area contributed by atoms with Gasteiger partial charge in [0.05, 0.1) is 38.3 Å². The first kappa shape index (κ1) is 9.55. The first-order chi connectivity index (χ1) is 34.6. The van der Waals surface area contributed by atoms with Gasteiger partial charge in [-0.15, -0.1) is 0 Å². The van der Waals surface area contributed by atoms with E-state index in [1.807, 2.05) is 0 Å². The lowest BCUT2D eigenvalue weighted by atomic mass is 9.61. The second-order valence-corrected chi connectivity index (χ2v) is 10.5. The average Bonchev–Trinajstić information content (AvgIpc) is 3.82. The highest BCUT2D eigenvalue weighted by atomic mass is 16.5. The molecule has 7 aromatic rings. The van der Waals surface area contributed by atoms with Crippen LogP contribution in [0.1, 0.15) is 88.2 Å². The molecule has 212 valence electrons. The van der Waals surface area contributed by atoms with Gasteiger partial charge in [0.1, 0.15) is 11.5 Å². The standard InChI is InChI=1S/C44H30O/c1-43(2)36-18-7-8-20-40(36)45-41-24-22-29(26-39(41)43)28-21-23-32-30-13-3-5-16-34(30)44(38(32)25-28)35-17-6-4-14-31(35)33-15-9-11-27-12-10-19-37(44)42(27)33/h3-26H,1-2H3/i1D3,2D3,3D,4D,5D,6D,7D,8D,9D,10D,11D,12D,13D,14D,15D,16D,17D,18D,19D,20D,21D,22D,23D,24D,25D,26D. The Hall–Kier alpha value is -5.40. The molecule has 3 aliphatic rings. The lowest BCUT2D eigenvalue weighted by molar-refractivity contribution is 0.418. The molecule has 1 nitrogen and oxygen atoms in total. The summed E-state index contributed by atoms with van der Waals surface area (Å²) in [7, 11) is 0. The van der Waals surface area contributed by atoms with Crippen molar-refractivity contribution in [2.75, 3.05) is 0 Å². The zero-order valence-electron chi connectivity index (χ0n) is 52.4. The first-order valence-corrected chi connectivity index (χ1v) is 13.4. The highest BCUT2D eigenvalue weighted by Crippen LogP contribution is 2.62. The molecule has 0 fully saturated rings. The summed E-state index contributed by atoms with van der Waals surface area (Å²) in [5.74, 6) is -2.25. The fourth-order valence-electron chi connectivity index (χ4n) is 6.48. The van der Waals surface area contributed by atoms with Crippen LogP contribution in [0.2, 0.25) is 0 Å². The number of ether oxygens (including phenoxy) is 1. The van der Waals surface area contributed by atoms with Crippen LogP contribution in [0.15, 0.2) is 145 Å². The molecule has 0 saturated heterocycles. The number of para-hydroxylation sites is 1. The maximum atomic E-state index is 10.3. The van der Waals surface area contributed by atoms with Crippen LogP contribution in [0.3, 0.4) is 0 Å². The van der Waals surface area contributed by atoms with Crippen molar-refractivity contribution in [1.29, 1.82) is 0 Å². The van der Waals surface area contributed by atoms with Crippen LogP contribution in [0.4, 0.5) is 0 Å². The number of rotatable bonds is 1. The van der Waals surface area contributed by atoms with E-state index in [1.54, 1.807) is 0 Å². The van der Waals surface area contributed by atoms with Gasteiger partial charge in [0, 0.05) is 24.8 Å². The van der Waals surface area contributed by atoms with Gasteiger partial charge in [-0.05, 0) is 90.6 Å². The van der Waals surface area contributed by atoms with Crippen molar-refractivity contribution in [3.05, 3.63) is 178 Å². The van der Waals surface area contributed by atoms with Crippen LogP contribution in [-0.2, 0) is 10.8 Å². The van der Waals surface area contributed by atoms with Crippen LogP contribution in [0.25, 0.3) is 44.2 Å². The fourth-order valence-corrected chi connectivity index (χ4v) is 6.48. The topological polar surface area (TPSA) is 9.23 Å². The third kappa shape index (κ3) is 3.08. The molecule has 1 spiro atoms. The second-order valence-electron chi connectivity index (χ2n) is 10.5. The lowest BCUT2D eigenvalue weighted by Gasteiger charge is -2.40. The van der Waals surface area contributed by atoms with Gasteiger partial charge in [-0.1, -0.05) is 135 Å². The fraction of sp³-hybridized carbons (Fsp3) is 0.0909. The molecule has 7 aromatic carbocycles. The summed E-state index contributed by atoms with van der Waals surface area (Å²) in [5.41, 5.74) is -17.7. The molecule has 0 saturated carbocycles. The highest BCUT2D eigenvalue weighted by molar-refractivity contribution is 6.07. The predicted molar refractivity (Wildman–Crippen MR) is 184 cm³/mol. The van der Waals surface area contributed by atoms with Crippen molar-refractivity contribution in [2.45, 2.75) is 24.5 Å². The Morgan fingerprint density at radius 3 is 1.80 bits per heavy atom. The number of hydrogen-bond acceptors (Lipinski definition) is 1. The third-order valence-corrected chi connectivity index (χ3v) is 8.32. The van der Waals surface area contributed by atoms with Gasteiger partial charge >= 0.3 is 0 Å². The molecule has 1 heteroatoms. The average molecular weight is 605 g/mol. The predicted octanol–water partition coefficient (Wildman–Crippen LogP) is 11.3. The minimum atomic E-state index is -4.00. The van der Waals surface area contributed by atoms with Crippen molar-refractivity contribution in [1.82, 2.24) is 0 Å². The molecule has 0 aromatic heterocycles. The Morgan fingerprint density at radius 2 is 1.02 bits per heavy atom. The van der Waals surface area contributed by atoms with Gasteiger partial charge in [-0.3, -0.25) is 0 Å². The van der Waals surface area contributed by atoms with E-state index in [4.69, 9.17) is 29.4 Å². The van der Waals surface area contributed by atoms with Crippen LogP contribution in [0.5, 0.6) is 11.5 Å². The summed E-state index contributed by atoms with van der Waals surface area (Å²) < 4.78 is 280. The minimum Gasteiger partial charge on any atom is -0.457 e. The smallest absolute Gasteiger partial charge is 0.131 e. The van der Waals surface area contributed by atoms with Crippen molar-refractivity contribution in [3.8, 4) is 44.9 Å². The van der Waals surface area contributed by atoms with Gasteiger partial charge in [0.25, 0.3) is 0 Å².